The minimum atomic E-state index is -3.07. The number of hydrogen-bond donors (Lipinski definition) is 1. The summed E-state index contributed by atoms with van der Waals surface area (Å²) in [5.74, 6) is 0.379. The molecule has 0 bridgehead atoms. The van der Waals surface area contributed by atoms with Crippen molar-refractivity contribution >= 4 is 21.6 Å². The Balaban J connectivity index is 2.00. The van der Waals surface area contributed by atoms with E-state index in [0.29, 0.717) is 19.0 Å². The summed E-state index contributed by atoms with van der Waals surface area (Å²) in [5, 5.41) is 9.53. The zero-order chi connectivity index (χ0) is 14.6. The molecule has 1 aliphatic rings. The van der Waals surface area contributed by atoms with Crippen LogP contribution in [-0.2, 0) is 10.0 Å². The second-order valence-corrected chi connectivity index (χ2v) is 7.90. The molecule has 0 spiro atoms. The minimum absolute atomic E-state index is 0.170. The largest absolute Gasteiger partial charge is 0.309 e. The van der Waals surface area contributed by atoms with Gasteiger partial charge in [-0.3, -0.25) is 0 Å². The number of nitrogens with zero attached hydrogens (tertiary/aromatic N) is 3. The highest BCUT2D eigenvalue weighted by atomic mass is 32.2. The van der Waals surface area contributed by atoms with Gasteiger partial charge in [0, 0.05) is 18.5 Å². The highest BCUT2D eigenvalue weighted by molar-refractivity contribution is 7.88. The molecule has 2 unspecified atom stereocenters. The van der Waals surface area contributed by atoms with Crippen molar-refractivity contribution in [1.82, 2.24) is 19.2 Å². The molecule has 1 aromatic rings. The molecule has 0 aliphatic carbocycles. The molecule has 20 heavy (non-hydrogen) atoms. The van der Waals surface area contributed by atoms with Crippen molar-refractivity contribution in [1.29, 1.82) is 0 Å². The molecule has 8 heteroatoms. The van der Waals surface area contributed by atoms with E-state index in [-0.39, 0.29) is 6.04 Å². The van der Waals surface area contributed by atoms with E-state index in [1.54, 1.807) is 4.31 Å². The minimum Gasteiger partial charge on any atom is -0.309 e. The molecule has 0 radical (unpaired) electrons. The van der Waals surface area contributed by atoms with Gasteiger partial charge in [-0.1, -0.05) is 11.4 Å². The monoisotopic (exact) mass is 318 g/mol. The summed E-state index contributed by atoms with van der Waals surface area (Å²) in [7, 11) is -3.07. The van der Waals surface area contributed by atoms with Crippen LogP contribution in [0.25, 0.3) is 0 Å². The summed E-state index contributed by atoms with van der Waals surface area (Å²) in [6.07, 6.45) is 4.21. The molecule has 1 aliphatic heterocycles. The van der Waals surface area contributed by atoms with Crippen molar-refractivity contribution in [3.8, 4) is 0 Å². The Labute approximate surface area is 124 Å². The van der Waals surface area contributed by atoms with Gasteiger partial charge in [0.25, 0.3) is 0 Å². The van der Waals surface area contributed by atoms with Gasteiger partial charge in [-0.05, 0) is 43.3 Å². The molecule has 0 aromatic carbocycles. The van der Waals surface area contributed by atoms with Crippen LogP contribution >= 0.6 is 11.5 Å². The molecule has 2 heterocycles. The Bertz CT molecular complexity index is 504. The van der Waals surface area contributed by atoms with E-state index in [1.807, 2.05) is 5.38 Å². The molecule has 114 valence electrons. The van der Waals surface area contributed by atoms with Crippen molar-refractivity contribution in [2.24, 2.45) is 5.92 Å². The summed E-state index contributed by atoms with van der Waals surface area (Å²) < 4.78 is 28.8. The van der Waals surface area contributed by atoms with Crippen LogP contribution in [0.1, 0.15) is 37.9 Å². The Morgan fingerprint density at radius 2 is 2.40 bits per heavy atom. The van der Waals surface area contributed by atoms with Crippen molar-refractivity contribution in [2.45, 2.75) is 32.2 Å². The maximum atomic E-state index is 11.7. The zero-order valence-corrected chi connectivity index (χ0v) is 13.6. The second-order valence-electron chi connectivity index (χ2n) is 5.31. The summed E-state index contributed by atoms with van der Waals surface area (Å²) in [5.41, 5.74) is 0.966. The van der Waals surface area contributed by atoms with E-state index < -0.39 is 10.0 Å². The third kappa shape index (κ3) is 4.21. The number of aromatic nitrogens is 2. The highest BCUT2D eigenvalue weighted by Crippen LogP contribution is 2.28. The molecule has 6 nitrogen and oxygen atoms in total. The average Bonchev–Trinajstić information content (AvgIpc) is 2.91. The SMILES string of the molecule is CCNC(CC1CCCN(S(C)(=O)=O)C1)c1csnn1. The topological polar surface area (TPSA) is 75.2 Å². The lowest BCUT2D eigenvalue weighted by atomic mass is 9.91. The Morgan fingerprint density at radius 3 is 3.00 bits per heavy atom. The Morgan fingerprint density at radius 1 is 1.60 bits per heavy atom. The van der Waals surface area contributed by atoms with Crippen LogP contribution in [0.4, 0.5) is 0 Å². The van der Waals surface area contributed by atoms with Gasteiger partial charge < -0.3 is 5.32 Å². The van der Waals surface area contributed by atoms with E-state index in [1.165, 1.54) is 17.8 Å². The number of hydrogen-bond acceptors (Lipinski definition) is 6. The fourth-order valence-corrected chi connectivity index (χ4v) is 4.18. The standard InChI is InChI=1S/C12H22N4O2S2/c1-3-13-11(12-9-19-15-14-12)7-10-5-4-6-16(8-10)20(2,17)18/h9-11,13H,3-8H2,1-2H3. The van der Waals surface area contributed by atoms with E-state index >= 15 is 0 Å². The first-order valence-corrected chi connectivity index (χ1v) is 9.64. The quantitative estimate of drug-likeness (QED) is 0.854. The third-order valence-electron chi connectivity index (χ3n) is 3.70. The highest BCUT2D eigenvalue weighted by Gasteiger charge is 2.28. The third-order valence-corrected chi connectivity index (χ3v) is 5.50. The van der Waals surface area contributed by atoms with Crippen LogP contribution in [0.15, 0.2) is 5.38 Å². The molecule has 1 saturated heterocycles. The first-order chi connectivity index (χ1) is 9.50. The van der Waals surface area contributed by atoms with E-state index in [2.05, 4.69) is 21.8 Å². The normalized spacial score (nSPS) is 22.8. The van der Waals surface area contributed by atoms with Gasteiger partial charge in [0.05, 0.1) is 18.0 Å². The van der Waals surface area contributed by atoms with Gasteiger partial charge in [-0.25, -0.2) is 12.7 Å². The molecular weight excluding hydrogens is 296 g/mol. The molecule has 0 amide bonds. The summed E-state index contributed by atoms with van der Waals surface area (Å²) in [6.45, 7) is 4.21. The van der Waals surface area contributed by atoms with Gasteiger partial charge >= 0.3 is 0 Å². The number of piperidine rings is 1. The van der Waals surface area contributed by atoms with Gasteiger partial charge in [0.15, 0.2) is 0 Å². The van der Waals surface area contributed by atoms with Gasteiger partial charge in [-0.15, -0.1) is 5.10 Å². The predicted molar refractivity (Wildman–Crippen MR) is 80.1 cm³/mol. The molecule has 1 fully saturated rings. The number of sulfonamides is 1. The lowest BCUT2D eigenvalue weighted by molar-refractivity contribution is 0.237. The van der Waals surface area contributed by atoms with E-state index in [4.69, 9.17) is 0 Å². The molecule has 2 rings (SSSR count). The van der Waals surface area contributed by atoms with Gasteiger partial charge in [0.2, 0.25) is 10.0 Å². The summed E-state index contributed by atoms with van der Waals surface area (Å²) >= 11 is 1.35. The van der Waals surface area contributed by atoms with Gasteiger partial charge in [0.1, 0.15) is 0 Å². The van der Waals surface area contributed by atoms with Crippen molar-refractivity contribution < 1.29 is 8.42 Å². The van der Waals surface area contributed by atoms with Crippen LogP contribution in [0.5, 0.6) is 0 Å². The predicted octanol–water partition coefficient (Wildman–Crippen LogP) is 1.25. The van der Waals surface area contributed by atoms with Crippen molar-refractivity contribution in [3.63, 3.8) is 0 Å². The fraction of sp³-hybridized carbons (Fsp3) is 0.833. The van der Waals surface area contributed by atoms with Crippen LogP contribution in [0, 0.1) is 5.92 Å². The van der Waals surface area contributed by atoms with Crippen molar-refractivity contribution in [3.05, 3.63) is 11.1 Å². The first kappa shape index (κ1) is 15.8. The van der Waals surface area contributed by atoms with Gasteiger partial charge in [-0.2, -0.15) is 0 Å². The molecule has 0 saturated carbocycles. The molecule has 2 atom stereocenters. The fourth-order valence-electron chi connectivity index (χ4n) is 2.73. The van der Waals surface area contributed by atoms with Crippen LogP contribution in [0.2, 0.25) is 0 Å². The number of nitrogens with one attached hydrogen (secondary N) is 1. The maximum Gasteiger partial charge on any atom is 0.211 e. The van der Waals surface area contributed by atoms with Crippen LogP contribution < -0.4 is 5.32 Å². The molecule has 1 N–H and O–H groups in total. The van der Waals surface area contributed by atoms with Crippen LogP contribution in [-0.4, -0.2) is 48.2 Å². The summed E-state index contributed by atoms with van der Waals surface area (Å²) in [4.78, 5) is 0. The van der Waals surface area contributed by atoms with Crippen molar-refractivity contribution in [2.75, 3.05) is 25.9 Å². The zero-order valence-electron chi connectivity index (χ0n) is 11.9. The number of rotatable bonds is 6. The lowest BCUT2D eigenvalue weighted by Gasteiger charge is -2.32. The van der Waals surface area contributed by atoms with Crippen LogP contribution in [0.3, 0.4) is 0 Å². The Hall–Kier alpha value is -0.570. The smallest absolute Gasteiger partial charge is 0.211 e. The lowest BCUT2D eigenvalue weighted by Crippen LogP contribution is -2.40. The average molecular weight is 318 g/mol. The maximum absolute atomic E-state index is 11.7. The Kier molecular flexibility index (Phi) is 5.48. The van der Waals surface area contributed by atoms with E-state index in [0.717, 1.165) is 31.5 Å². The molecule has 1 aromatic heterocycles. The first-order valence-electron chi connectivity index (χ1n) is 6.96. The molecular formula is C12H22N4O2S2. The second kappa shape index (κ2) is 6.93. The summed E-state index contributed by atoms with van der Waals surface area (Å²) in [6, 6.07) is 0.170. The van der Waals surface area contributed by atoms with E-state index in [9.17, 15) is 8.42 Å².